The third-order valence-electron chi connectivity index (χ3n) is 2.86. The highest BCUT2D eigenvalue weighted by atomic mass is 79.9. The summed E-state index contributed by atoms with van der Waals surface area (Å²) in [7, 11) is 0. The molecule has 1 aromatic carbocycles. The van der Waals surface area contributed by atoms with Crippen molar-refractivity contribution in [1.29, 1.82) is 0 Å². The molecule has 0 saturated heterocycles. The highest BCUT2D eigenvalue weighted by molar-refractivity contribution is 9.10. The van der Waals surface area contributed by atoms with Gasteiger partial charge in [-0.1, -0.05) is 28.9 Å². The smallest absolute Gasteiger partial charge is 0.162 e. The maximum Gasteiger partial charge on any atom is 0.162 e. The standard InChI is InChI=1S/C15H18BrN3/c1-4-11-9-14(17-5-2)19-15(18-11)12-7-6-10(3)8-13(12)16/h6-9H,4-5H2,1-3H3,(H,17,18,19). The Kier molecular flexibility index (Phi) is 4.53. The van der Waals surface area contributed by atoms with Crippen LogP contribution in [0.1, 0.15) is 25.1 Å². The van der Waals surface area contributed by atoms with Gasteiger partial charge in [0.05, 0.1) is 0 Å². The van der Waals surface area contributed by atoms with Gasteiger partial charge in [-0.05, 0) is 38.0 Å². The average molecular weight is 320 g/mol. The molecule has 0 spiro atoms. The van der Waals surface area contributed by atoms with Crippen LogP contribution in [0.2, 0.25) is 0 Å². The van der Waals surface area contributed by atoms with Crippen LogP contribution in [0.25, 0.3) is 11.4 Å². The molecule has 1 aromatic heterocycles. The molecule has 0 aliphatic heterocycles. The third kappa shape index (κ3) is 3.32. The Morgan fingerprint density at radius 1 is 1.16 bits per heavy atom. The van der Waals surface area contributed by atoms with E-state index in [0.29, 0.717) is 0 Å². The molecule has 0 unspecified atom stereocenters. The van der Waals surface area contributed by atoms with Gasteiger partial charge in [-0.3, -0.25) is 0 Å². The van der Waals surface area contributed by atoms with Gasteiger partial charge in [-0.2, -0.15) is 0 Å². The van der Waals surface area contributed by atoms with E-state index in [1.54, 1.807) is 0 Å². The molecule has 100 valence electrons. The lowest BCUT2D eigenvalue weighted by molar-refractivity contribution is 0.997. The Hall–Kier alpha value is -1.42. The minimum absolute atomic E-state index is 0.766. The molecule has 2 aromatic rings. The van der Waals surface area contributed by atoms with Gasteiger partial charge in [0, 0.05) is 28.3 Å². The molecule has 3 nitrogen and oxygen atoms in total. The van der Waals surface area contributed by atoms with Crippen molar-refractivity contribution < 1.29 is 0 Å². The zero-order chi connectivity index (χ0) is 13.8. The molecule has 0 fully saturated rings. The molecule has 2 rings (SSSR count). The maximum atomic E-state index is 4.61. The van der Waals surface area contributed by atoms with Gasteiger partial charge in [-0.15, -0.1) is 0 Å². The number of anilines is 1. The Balaban J connectivity index is 2.51. The molecule has 0 saturated carbocycles. The minimum Gasteiger partial charge on any atom is -0.370 e. The Bertz CT molecular complexity index is 582. The SMILES string of the molecule is CCNc1cc(CC)nc(-c2ccc(C)cc2Br)n1. The zero-order valence-corrected chi connectivity index (χ0v) is 13.1. The van der Waals surface area contributed by atoms with Crippen LogP contribution in [-0.2, 0) is 6.42 Å². The molecular formula is C15H18BrN3. The molecule has 0 aliphatic carbocycles. The third-order valence-corrected chi connectivity index (χ3v) is 3.52. The first-order chi connectivity index (χ1) is 9.13. The average Bonchev–Trinajstić information content (AvgIpc) is 2.38. The Labute approximate surface area is 122 Å². The predicted octanol–water partition coefficient (Wildman–Crippen LogP) is 4.21. The molecule has 0 radical (unpaired) electrons. The second-order valence-corrected chi connectivity index (χ2v) is 5.29. The number of aromatic nitrogens is 2. The van der Waals surface area contributed by atoms with Crippen molar-refractivity contribution in [3.63, 3.8) is 0 Å². The quantitative estimate of drug-likeness (QED) is 0.917. The lowest BCUT2D eigenvalue weighted by Gasteiger charge is -2.09. The monoisotopic (exact) mass is 319 g/mol. The van der Waals surface area contributed by atoms with Crippen LogP contribution in [0.4, 0.5) is 5.82 Å². The summed E-state index contributed by atoms with van der Waals surface area (Å²) in [5.41, 5.74) is 3.29. The zero-order valence-electron chi connectivity index (χ0n) is 11.5. The molecule has 1 heterocycles. The van der Waals surface area contributed by atoms with Crippen LogP contribution in [-0.4, -0.2) is 16.5 Å². The minimum atomic E-state index is 0.766. The Morgan fingerprint density at radius 3 is 2.58 bits per heavy atom. The van der Waals surface area contributed by atoms with E-state index in [2.05, 4.69) is 70.2 Å². The van der Waals surface area contributed by atoms with Crippen molar-refractivity contribution >= 4 is 21.7 Å². The lowest BCUT2D eigenvalue weighted by atomic mass is 10.1. The summed E-state index contributed by atoms with van der Waals surface area (Å²) < 4.78 is 1.03. The number of rotatable bonds is 4. The van der Waals surface area contributed by atoms with Gasteiger partial charge < -0.3 is 5.32 Å². The largest absolute Gasteiger partial charge is 0.370 e. The summed E-state index contributed by atoms with van der Waals surface area (Å²) in [5.74, 6) is 1.65. The highest BCUT2D eigenvalue weighted by Gasteiger charge is 2.09. The van der Waals surface area contributed by atoms with Crippen LogP contribution < -0.4 is 5.32 Å². The van der Waals surface area contributed by atoms with Crippen LogP contribution in [0.5, 0.6) is 0 Å². The molecule has 4 heteroatoms. The van der Waals surface area contributed by atoms with Crippen molar-refractivity contribution in [3.05, 3.63) is 40.0 Å². The number of halogens is 1. The van der Waals surface area contributed by atoms with Gasteiger partial charge in [0.25, 0.3) is 0 Å². The number of hydrogen-bond acceptors (Lipinski definition) is 3. The first-order valence-electron chi connectivity index (χ1n) is 6.52. The van der Waals surface area contributed by atoms with Crippen molar-refractivity contribution in [2.45, 2.75) is 27.2 Å². The highest BCUT2D eigenvalue weighted by Crippen LogP contribution is 2.27. The molecule has 1 N–H and O–H groups in total. The van der Waals surface area contributed by atoms with Crippen LogP contribution in [0, 0.1) is 6.92 Å². The van der Waals surface area contributed by atoms with Crippen molar-refractivity contribution in [3.8, 4) is 11.4 Å². The number of aryl methyl sites for hydroxylation is 2. The lowest BCUT2D eigenvalue weighted by Crippen LogP contribution is -2.04. The van der Waals surface area contributed by atoms with Gasteiger partial charge in [-0.25, -0.2) is 9.97 Å². The summed E-state index contributed by atoms with van der Waals surface area (Å²) in [4.78, 5) is 9.19. The molecule has 0 bridgehead atoms. The summed E-state index contributed by atoms with van der Waals surface area (Å²) >= 11 is 3.59. The van der Waals surface area contributed by atoms with Gasteiger partial charge in [0.15, 0.2) is 5.82 Å². The number of hydrogen-bond donors (Lipinski definition) is 1. The van der Waals surface area contributed by atoms with Crippen LogP contribution in [0.15, 0.2) is 28.7 Å². The molecule has 0 amide bonds. The number of nitrogens with zero attached hydrogens (tertiary/aromatic N) is 2. The number of benzene rings is 1. The van der Waals surface area contributed by atoms with E-state index in [-0.39, 0.29) is 0 Å². The second kappa shape index (κ2) is 6.15. The van der Waals surface area contributed by atoms with E-state index >= 15 is 0 Å². The van der Waals surface area contributed by atoms with E-state index in [1.165, 1.54) is 5.56 Å². The first-order valence-corrected chi connectivity index (χ1v) is 7.31. The fraction of sp³-hybridized carbons (Fsp3) is 0.333. The van der Waals surface area contributed by atoms with E-state index in [4.69, 9.17) is 0 Å². The summed E-state index contributed by atoms with van der Waals surface area (Å²) in [6.45, 7) is 7.10. The molecule has 0 aliphatic rings. The van der Waals surface area contributed by atoms with Gasteiger partial charge >= 0.3 is 0 Å². The normalized spacial score (nSPS) is 10.5. The van der Waals surface area contributed by atoms with Gasteiger partial charge in [0.2, 0.25) is 0 Å². The fourth-order valence-corrected chi connectivity index (χ4v) is 2.54. The second-order valence-electron chi connectivity index (χ2n) is 4.44. The molecule has 0 atom stereocenters. The van der Waals surface area contributed by atoms with Crippen molar-refractivity contribution in [1.82, 2.24) is 9.97 Å². The maximum absolute atomic E-state index is 4.61. The Morgan fingerprint density at radius 2 is 1.95 bits per heavy atom. The summed E-state index contributed by atoms with van der Waals surface area (Å²) in [5, 5.41) is 3.26. The number of nitrogens with one attached hydrogen (secondary N) is 1. The molecule has 19 heavy (non-hydrogen) atoms. The van der Waals surface area contributed by atoms with Crippen LogP contribution in [0.3, 0.4) is 0 Å². The molecular weight excluding hydrogens is 302 g/mol. The predicted molar refractivity (Wildman–Crippen MR) is 83.4 cm³/mol. The first kappa shape index (κ1) is 14.0. The topological polar surface area (TPSA) is 37.8 Å². The van der Waals surface area contributed by atoms with E-state index in [0.717, 1.165) is 40.3 Å². The fourth-order valence-electron chi connectivity index (χ4n) is 1.87. The van der Waals surface area contributed by atoms with E-state index < -0.39 is 0 Å². The van der Waals surface area contributed by atoms with E-state index in [1.807, 2.05) is 6.07 Å². The van der Waals surface area contributed by atoms with Crippen LogP contribution >= 0.6 is 15.9 Å². The van der Waals surface area contributed by atoms with Crippen molar-refractivity contribution in [2.24, 2.45) is 0 Å². The van der Waals surface area contributed by atoms with Gasteiger partial charge in [0.1, 0.15) is 5.82 Å². The summed E-state index contributed by atoms with van der Waals surface area (Å²) in [6.07, 6.45) is 0.900. The summed E-state index contributed by atoms with van der Waals surface area (Å²) in [6, 6.07) is 8.23. The van der Waals surface area contributed by atoms with Crippen molar-refractivity contribution in [2.75, 3.05) is 11.9 Å². The van der Waals surface area contributed by atoms with E-state index in [9.17, 15) is 0 Å².